The number of nitrogens with zero attached hydrogens (tertiary/aromatic N) is 6. The summed E-state index contributed by atoms with van der Waals surface area (Å²) in [5, 5.41) is 4.22. The van der Waals surface area contributed by atoms with Crippen LogP contribution in [0.4, 0.5) is 10.2 Å². The van der Waals surface area contributed by atoms with E-state index in [4.69, 9.17) is 0 Å². The van der Waals surface area contributed by atoms with Crippen LogP contribution in [0.15, 0.2) is 18.7 Å². The Morgan fingerprint density at radius 1 is 1.29 bits per heavy atom. The number of piperazine rings is 1. The Hall–Kier alpha value is -2.02. The maximum Gasteiger partial charge on any atom is 0.187 e. The van der Waals surface area contributed by atoms with Crippen LogP contribution < -0.4 is 4.90 Å². The molecule has 1 saturated heterocycles. The molecule has 1 aliphatic heterocycles. The van der Waals surface area contributed by atoms with Crippen molar-refractivity contribution >= 4 is 5.82 Å². The predicted octanol–water partition coefficient (Wildman–Crippen LogP) is 2.18. The first kappa shape index (κ1) is 16.8. The SMILES string of the molecule is CC(C)c1ncnc(N2CCN(Cc3cnn(C)c3)C(C)C2)c1F. The molecule has 0 N–H and O–H groups in total. The van der Waals surface area contributed by atoms with Gasteiger partial charge in [-0.25, -0.2) is 14.4 Å². The molecule has 3 heterocycles. The molecular weight excluding hydrogens is 307 g/mol. The summed E-state index contributed by atoms with van der Waals surface area (Å²) in [6.45, 7) is 9.32. The van der Waals surface area contributed by atoms with Crippen molar-refractivity contribution in [2.75, 3.05) is 24.5 Å². The number of rotatable bonds is 4. The van der Waals surface area contributed by atoms with Gasteiger partial charge in [-0.2, -0.15) is 5.10 Å². The zero-order chi connectivity index (χ0) is 17.3. The Balaban J connectivity index is 1.70. The molecule has 1 aliphatic rings. The van der Waals surface area contributed by atoms with Crippen molar-refractivity contribution < 1.29 is 4.39 Å². The van der Waals surface area contributed by atoms with E-state index in [2.05, 4.69) is 26.9 Å². The number of aryl methyl sites for hydroxylation is 1. The lowest BCUT2D eigenvalue weighted by Crippen LogP contribution is -2.52. The van der Waals surface area contributed by atoms with Crippen LogP contribution in [0.3, 0.4) is 0 Å². The van der Waals surface area contributed by atoms with E-state index >= 15 is 0 Å². The highest BCUT2D eigenvalue weighted by atomic mass is 19.1. The van der Waals surface area contributed by atoms with E-state index in [0.29, 0.717) is 17.6 Å². The van der Waals surface area contributed by atoms with Crippen LogP contribution in [0.5, 0.6) is 0 Å². The van der Waals surface area contributed by atoms with Gasteiger partial charge in [-0.1, -0.05) is 13.8 Å². The summed E-state index contributed by atoms with van der Waals surface area (Å²) in [6.07, 6.45) is 5.41. The van der Waals surface area contributed by atoms with Crippen molar-refractivity contribution in [2.24, 2.45) is 7.05 Å². The lowest BCUT2D eigenvalue weighted by molar-refractivity contribution is 0.180. The highest BCUT2D eigenvalue weighted by molar-refractivity contribution is 5.42. The first-order chi connectivity index (χ1) is 11.5. The number of halogens is 1. The fraction of sp³-hybridized carbons (Fsp3) is 0.588. The minimum Gasteiger partial charge on any atom is -0.351 e. The first-order valence-electron chi connectivity index (χ1n) is 8.42. The molecule has 2 aromatic heterocycles. The second-order valence-electron chi connectivity index (χ2n) is 6.84. The van der Waals surface area contributed by atoms with Gasteiger partial charge < -0.3 is 4.90 Å². The molecule has 0 spiro atoms. The molecule has 3 rings (SSSR count). The van der Waals surface area contributed by atoms with Gasteiger partial charge in [0.05, 0.1) is 11.9 Å². The third-order valence-corrected chi connectivity index (χ3v) is 4.55. The minimum atomic E-state index is -0.277. The van der Waals surface area contributed by atoms with Crippen molar-refractivity contribution in [3.05, 3.63) is 35.8 Å². The largest absolute Gasteiger partial charge is 0.351 e. The topological polar surface area (TPSA) is 50.1 Å². The molecule has 130 valence electrons. The normalized spacial score (nSPS) is 19.2. The maximum absolute atomic E-state index is 14.7. The van der Waals surface area contributed by atoms with Gasteiger partial charge in [0, 0.05) is 51.0 Å². The van der Waals surface area contributed by atoms with Gasteiger partial charge >= 0.3 is 0 Å². The molecule has 0 bridgehead atoms. The summed E-state index contributed by atoms with van der Waals surface area (Å²) in [4.78, 5) is 12.7. The fourth-order valence-electron chi connectivity index (χ4n) is 3.21. The number of aromatic nitrogens is 4. The maximum atomic E-state index is 14.7. The Labute approximate surface area is 142 Å². The van der Waals surface area contributed by atoms with Crippen molar-refractivity contribution in [1.82, 2.24) is 24.6 Å². The molecule has 24 heavy (non-hydrogen) atoms. The number of hydrogen-bond donors (Lipinski definition) is 0. The smallest absolute Gasteiger partial charge is 0.187 e. The standard InChI is InChI=1S/C17H25FN6/c1-12(2)16-15(18)17(20-11-19-16)24-6-5-23(13(3)8-24)10-14-7-21-22(4)9-14/h7,9,11-13H,5-6,8,10H2,1-4H3. The predicted molar refractivity (Wildman–Crippen MR) is 91.4 cm³/mol. The molecule has 1 atom stereocenters. The average molecular weight is 332 g/mol. The Morgan fingerprint density at radius 2 is 2.08 bits per heavy atom. The lowest BCUT2D eigenvalue weighted by atomic mass is 10.1. The van der Waals surface area contributed by atoms with E-state index in [1.807, 2.05) is 42.9 Å². The zero-order valence-corrected chi connectivity index (χ0v) is 14.8. The average Bonchev–Trinajstić information content (AvgIpc) is 2.94. The Bertz CT molecular complexity index is 698. The Morgan fingerprint density at radius 3 is 2.71 bits per heavy atom. The quantitative estimate of drug-likeness (QED) is 0.859. The monoisotopic (exact) mass is 332 g/mol. The molecule has 2 aromatic rings. The summed E-state index contributed by atoms with van der Waals surface area (Å²) < 4.78 is 16.5. The number of anilines is 1. The third kappa shape index (κ3) is 3.40. The molecule has 0 radical (unpaired) electrons. The fourth-order valence-corrected chi connectivity index (χ4v) is 3.21. The summed E-state index contributed by atoms with van der Waals surface area (Å²) >= 11 is 0. The molecule has 0 aliphatic carbocycles. The summed E-state index contributed by atoms with van der Waals surface area (Å²) in [5.41, 5.74) is 1.69. The molecule has 0 saturated carbocycles. The molecular formula is C17H25FN6. The van der Waals surface area contributed by atoms with Gasteiger partial charge in [0.15, 0.2) is 11.6 Å². The third-order valence-electron chi connectivity index (χ3n) is 4.55. The van der Waals surface area contributed by atoms with Crippen LogP contribution in [-0.4, -0.2) is 50.3 Å². The van der Waals surface area contributed by atoms with E-state index in [9.17, 15) is 4.39 Å². The molecule has 6 nitrogen and oxygen atoms in total. The van der Waals surface area contributed by atoms with Gasteiger partial charge in [-0.15, -0.1) is 0 Å². The highest BCUT2D eigenvalue weighted by Crippen LogP contribution is 2.25. The summed E-state index contributed by atoms with van der Waals surface area (Å²) in [6, 6.07) is 0.316. The van der Waals surface area contributed by atoms with Gasteiger partial charge in [-0.3, -0.25) is 9.58 Å². The molecule has 0 aromatic carbocycles. The van der Waals surface area contributed by atoms with Crippen LogP contribution in [0, 0.1) is 5.82 Å². The highest BCUT2D eigenvalue weighted by Gasteiger charge is 2.27. The van der Waals surface area contributed by atoms with Crippen molar-refractivity contribution in [3.8, 4) is 0 Å². The van der Waals surface area contributed by atoms with Crippen LogP contribution in [0.1, 0.15) is 37.9 Å². The number of hydrogen-bond acceptors (Lipinski definition) is 5. The molecule has 1 fully saturated rings. The molecule has 1 unspecified atom stereocenters. The van der Waals surface area contributed by atoms with E-state index in [0.717, 1.165) is 26.2 Å². The van der Waals surface area contributed by atoms with Crippen molar-refractivity contribution in [1.29, 1.82) is 0 Å². The minimum absolute atomic E-state index is 0.0519. The van der Waals surface area contributed by atoms with Crippen LogP contribution in [0.2, 0.25) is 0 Å². The lowest BCUT2D eigenvalue weighted by Gasteiger charge is -2.40. The summed E-state index contributed by atoms with van der Waals surface area (Å²) in [5.74, 6) is 0.207. The van der Waals surface area contributed by atoms with Crippen LogP contribution in [0.25, 0.3) is 0 Å². The Kier molecular flexibility index (Phi) is 4.80. The van der Waals surface area contributed by atoms with Gasteiger partial charge in [0.1, 0.15) is 6.33 Å². The molecule has 0 amide bonds. The van der Waals surface area contributed by atoms with Crippen LogP contribution >= 0.6 is 0 Å². The van der Waals surface area contributed by atoms with Crippen molar-refractivity contribution in [2.45, 2.75) is 39.3 Å². The van der Waals surface area contributed by atoms with Gasteiger partial charge in [-0.05, 0) is 12.8 Å². The molecule has 7 heteroatoms. The van der Waals surface area contributed by atoms with Gasteiger partial charge in [0.2, 0.25) is 0 Å². The second-order valence-corrected chi connectivity index (χ2v) is 6.84. The zero-order valence-electron chi connectivity index (χ0n) is 14.8. The van der Waals surface area contributed by atoms with E-state index in [1.165, 1.54) is 11.9 Å². The van der Waals surface area contributed by atoms with E-state index in [1.54, 1.807) is 0 Å². The van der Waals surface area contributed by atoms with E-state index in [-0.39, 0.29) is 11.7 Å². The van der Waals surface area contributed by atoms with Crippen LogP contribution in [-0.2, 0) is 13.6 Å². The first-order valence-corrected chi connectivity index (χ1v) is 8.42. The van der Waals surface area contributed by atoms with Crippen molar-refractivity contribution in [3.63, 3.8) is 0 Å². The van der Waals surface area contributed by atoms with E-state index < -0.39 is 0 Å². The van der Waals surface area contributed by atoms with Gasteiger partial charge in [0.25, 0.3) is 0 Å². The summed E-state index contributed by atoms with van der Waals surface area (Å²) in [7, 11) is 1.93. The second kappa shape index (κ2) is 6.84.